The molecule has 1 aromatic rings. The highest BCUT2D eigenvalue weighted by Gasteiger charge is 2.32. The van der Waals surface area contributed by atoms with Gasteiger partial charge in [-0.15, -0.1) is 0 Å². The first-order valence-corrected chi connectivity index (χ1v) is 7.57. The maximum atomic E-state index is 12.0. The Morgan fingerprint density at radius 3 is 2.67 bits per heavy atom. The highest BCUT2D eigenvalue weighted by Crippen LogP contribution is 2.29. The summed E-state index contributed by atoms with van der Waals surface area (Å²) >= 11 is 3.48. The summed E-state index contributed by atoms with van der Waals surface area (Å²) in [5.41, 5.74) is 3.83. The van der Waals surface area contributed by atoms with E-state index in [9.17, 15) is 4.79 Å². The van der Waals surface area contributed by atoms with Crippen molar-refractivity contribution in [2.45, 2.75) is 33.2 Å². The molecule has 0 saturated carbocycles. The van der Waals surface area contributed by atoms with Gasteiger partial charge in [0.25, 0.3) is 0 Å². The van der Waals surface area contributed by atoms with Crippen LogP contribution in [-0.2, 0) is 4.79 Å². The number of hydrogen-bond acceptors (Lipinski definition) is 1. The molecule has 3 heteroatoms. The van der Waals surface area contributed by atoms with Crippen LogP contribution in [0.25, 0.3) is 0 Å². The summed E-state index contributed by atoms with van der Waals surface area (Å²) in [7, 11) is 0. The monoisotopic (exact) mass is 309 g/mol. The van der Waals surface area contributed by atoms with E-state index in [-0.39, 0.29) is 11.9 Å². The van der Waals surface area contributed by atoms with Gasteiger partial charge >= 0.3 is 0 Å². The quantitative estimate of drug-likeness (QED) is 0.781. The molecule has 1 fully saturated rings. The van der Waals surface area contributed by atoms with E-state index in [1.807, 2.05) is 4.90 Å². The van der Waals surface area contributed by atoms with Crippen LogP contribution in [0, 0.1) is 19.8 Å². The molecule has 1 amide bonds. The first kappa shape index (κ1) is 13.6. The van der Waals surface area contributed by atoms with Gasteiger partial charge in [-0.25, -0.2) is 0 Å². The minimum atomic E-state index is 0.181. The summed E-state index contributed by atoms with van der Waals surface area (Å²) in [5.74, 6) is 0.747. The molecular formula is C15H20BrNO. The van der Waals surface area contributed by atoms with Gasteiger partial charge in [-0.2, -0.15) is 0 Å². The van der Waals surface area contributed by atoms with Crippen molar-refractivity contribution in [3.63, 3.8) is 0 Å². The summed E-state index contributed by atoms with van der Waals surface area (Å²) in [5, 5.41) is 0.912. The number of benzene rings is 1. The third-order valence-electron chi connectivity index (χ3n) is 3.94. The minimum absolute atomic E-state index is 0.181. The van der Waals surface area contributed by atoms with E-state index in [1.165, 1.54) is 16.7 Å². The molecule has 98 valence electrons. The summed E-state index contributed by atoms with van der Waals surface area (Å²) in [6, 6.07) is 6.67. The van der Waals surface area contributed by atoms with Gasteiger partial charge in [0.15, 0.2) is 0 Å². The first-order valence-electron chi connectivity index (χ1n) is 6.45. The van der Waals surface area contributed by atoms with Crippen LogP contribution >= 0.6 is 15.9 Å². The van der Waals surface area contributed by atoms with Gasteiger partial charge in [0.05, 0.1) is 6.04 Å². The second kappa shape index (κ2) is 5.43. The molecule has 0 aromatic heterocycles. The standard InChI is InChI=1S/C15H20BrNO/c1-10-4-5-14(6-11(10)2)12(3)17-9-13(8-16)7-15(17)18/h4-6,12-13H,7-9H2,1-3H3. The van der Waals surface area contributed by atoms with Crippen LogP contribution in [0.2, 0.25) is 0 Å². The number of likely N-dealkylation sites (tertiary alicyclic amines) is 1. The maximum Gasteiger partial charge on any atom is 0.223 e. The lowest BCUT2D eigenvalue weighted by Gasteiger charge is -2.25. The Labute approximate surface area is 117 Å². The minimum Gasteiger partial charge on any atom is -0.336 e. The fourth-order valence-electron chi connectivity index (χ4n) is 2.49. The molecule has 1 aliphatic rings. The Hall–Kier alpha value is -0.830. The fraction of sp³-hybridized carbons (Fsp3) is 0.533. The summed E-state index contributed by atoms with van der Waals surface area (Å²) in [6.07, 6.45) is 0.681. The number of alkyl halides is 1. The molecule has 1 aromatic carbocycles. The van der Waals surface area contributed by atoms with Crippen molar-refractivity contribution in [3.8, 4) is 0 Å². The predicted molar refractivity (Wildman–Crippen MR) is 77.9 cm³/mol. The highest BCUT2D eigenvalue weighted by molar-refractivity contribution is 9.09. The molecule has 2 nitrogen and oxygen atoms in total. The average Bonchev–Trinajstić information content (AvgIpc) is 2.73. The van der Waals surface area contributed by atoms with E-state index in [0.29, 0.717) is 12.3 Å². The van der Waals surface area contributed by atoms with Gasteiger partial charge < -0.3 is 4.90 Å². The van der Waals surface area contributed by atoms with E-state index in [0.717, 1.165) is 11.9 Å². The smallest absolute Gasteiger partial charge is 0.223 e. The molecule has 1 aliphatic heterocycles. The molecule has 0 bridgehead atoms. The lowest BCUT2D eigenvalue weighted by Crippen LogP contribution is -2.28. The van der Waals surface area contributed by atoms with Crippen molar-refractivity contribution in [3.05, 3.63) is 34.9 Å². The van der Waals surface area contributed by atoms with Crippen molar-refractivity contribution in [2.24, 2.45) is 5.92 Å². The van der Waals surface area contributed by atoms with Gasteiger partial charge in [0.2, 0.25) is 5.91 Å². The Morgan fingerprint density at radius 2 is 2.11 bits per heavy atom. The van der Waals surface area contributed by atoms with E-state index in [1.54, 1.807) is 0 Å². The normalized spacial score (nSPS) is 21.4. The third kappa shape index (κ3) is 2.61. The van der Waals surface area contributed by atoms with Gasteiger partial charge in [0, 0.05) is 18.3 Å². The lowest BCUT2D eigenvalue weighted by atomic mass is 10.0. The Morgan fingerprint density at radius 1 is 1.39 bits per heavy atom. The summed E-state index contributed by atoms with van der Waals surface area (Å²) in [4.78, 5) is 14.0. The molecule has 2 atom stereocenters. The topological polar surface area (TPSA) is 20.3 Å². The molecule has 18 heavy (non-hydrogen) atoms. The zero-order valence-corrected chi connectivity index (χ0v) is 12.8. The van der Waals surface area contributed by atoms with Crippen LogP contribution in [0.5, 0.6) is 0 Å². The Kier molecular flexibility index (Phi) is 4.10. The number of rotatable bonds is 3. The first-order chi connectivity index (χ1) is 8.52. The lowest BCUT2D eigenvalue weighted by molar-refractivity contribution is -0.129. The molecule has 0 spiro atoms. The van der Waals surface area contributed by atoms with Crippen LogP contribution in [-0.4, -0.2) is 22.7 Å². The zero-order chi connectivity index (χ0) is 13.3. The van der Waals surface area contributed by atoms with Gasteiger partial charge in [-0.1, -0.05) is 34.1 Å². The van der Waals surface area contributed by atoms with Crippen LogP contribution < -0.4 is 0 Å². The van der Waals surface area contributed by atoms with E-state index in [4.69, 9.17) is 0 Å². The molecule has 1 heterocycles. The number of amides is 1. The summed E-state index contributed by atoms with van der Waals surface area (Å²) < 4.78 is 0. The number of nitrogens with zero attached hydrogens (tertiary/aromatic N) is 1. The van der Waals surface area contributed by atoms with Crippen LogP contribution in [0.3, 0.4) is 0 Å². The van der Waals surface area contributed by atoms with Crippen LogP contribution in [0.1, 0.15) is 36.1 Å². The second-order valence-corrected chi connectivity index (χ2v) is 5.94. The number of carbonyl (C=O) groups is 1. The SMILES string of the molecule is Cc1ccc(C(C)N2CC(CBr)CC2=O)cc1C. The number of hydrogen-bond donors (Lipinski definition) is 0. The molecule has 0 aliphatic carbocycles. The van der Waals surface area contributed by atoms with Gasteiger partial charge in [-0.05, 0) is 43.4 Å². The largest absolute Gasteiger partial charge is 0.336 e. The molecule has 1 saturated heterocycles. The predicted octanol–water partition coefficient (Wildman–Crippen LogP) is 3.61. The molecular weight excluding hydrogens is 290 g/mol. The number of carbonyl (C=O) groups excluding carboxylic acids is 1. The van der Waals surface area contributed by atoms with Crippen molar-refractivity contribution in [1.29, 1.82) is 0 Å². The second-order valence-electron chi connectivity index (χ2n) is 5.29. The van der Waals surface area contributed by atoms with Crippen LogP contribution in [0.15, 0.2) is 18.2 Å². The van der Waals surface area contributed by atoms with Crippen LogP contribution in [0.4, 0.5) is 0 Å². The number of halogens is 1. The van der Waals surface area contributed by atoms with Gasteiger partial charge in [0.1, 0.15) is 0 Å². The van der Waals surface area contributed by atoms with Crippen molar-refractivity contribution in [1.82, 2.24) is 4.90 Å². The number of aryl methyl sites for hydroxylation is 2. The van der Waals surface area contributed by atoms with Crippen molar-refractivity contribution in [2.75, 3.05) is 11.9 Å². The van der Waals surface area contributed by atoms with Crippen molar-refractivity contribution >= 4 is 21.8 Å². The van der Waals surface area contributed by atoms with E-state index in [2.05, 4.69) is 54.9 Å². The molecule has 2 rings (SSSR count). The fourth-order valence-corrected chi connectivity index (χ4v) is 2.92. The summed E-state index contributed by atoms with van der Waals surface area (Å²) in [6.45, 7) is 7.24. The average molecular weight is 310 g/mol. The third-order valence-corrected chi connectivity index (χ3v) is 4.85. The zero-order valence-electron chi connectivity index (χ0n) is 11.2. The maximum absolute atomic E-state index is 12.0. The van der Waals surface area contributed by atoms with Gasteiger partial charge in [-0.3, -0.25) is 4.79 Å². The van der Waals surface area contributed by atoms with E-state index >= 15 is 0 Å². The highest BCUT2D eigenvalue weighted by atomic mass is 79.9. The molecule has 2 unspecified atom stereocenters. The van der Waals surface area contributed by atoms with E-state index < -0.39 is 0 Å². The van der Waals surface area contributed by atoms with Crippen molar-refractivity contribution < 1.29 is 4.79 Å². The molecule has 0 N–H and O–H groups in total. The molecule has 0 radical (unpaired) electrons. The Bertz CT molecular complexity index is 458. The Balaban J connectivity index is 2.18.